The van der Waals surface area contributed by atoms with Gasteiger partial charge in [0, 0.05) is 42.9 Å². The van der Waals surface area contributed by atoms with Crippen molar-refractivity contribution in [2.75, 3.05) is 18.9 Å². The minimum absolute atomic E-state index is 0.0117. The van der Waals surface area contributed by atoms with E-state index in [0.717, 1.165) is 34.1 Å². The van der Waals surface area contributed by atoms with Crippen LogP contribution in [0.5, 0.6) is 0 Å². The van der Waals surface area contributed by atoms with Crippen LogP contribution < -0.4 is 5.73 Å². The van der Waals surface area contributed by atoms with Gasteiger partial charge in [-0.1, -0.05) is 18.2 Å². The molecule has 10 nitrogen and oxygen atoms in total. The lowest BCUT2D eigenvalue weighted by atomic mass is 9.97. The Morgan fingerprint density at radius 2 is 2.06 bits per heavy atom. The number of aromatic nitrogens is 6. The predicted molar refractivity (Wildman–Crippen MR) is 131 cm³/mol. The number of anilines is 1. The first-order chi connectivity index (χ1) is 17.1. The van der Waals surface area contributed by atoms with Gasteiger partial charge in [-0.25, -0.2) is 19.6 Å². The summed E-state index contributed by atoms with van der Waals surface area (Å²) in [5.74, 6) is 0.367. The number of amides is 1. The number of aliphatic hydroxyl groups excluding tert-OH is 1. The molecule has 4 aromatic heterocycles. The summed E-state index contributed by atoms with van der Waals surface area (Å²) in [6.45, 7) is 1.63. The zero-order valence-corrected chi connectivity index (χ0v) is 19.0. The summed E-state index contributed by atoms with van der Waals surface area (Å²) < 4.78 is 1.85. The Morgan fingerprint density at radius 1 is 1.14 bits per heavy atom. The van der Waals surface area contributed by atoms with E-state index in [9.17, 15) is 4.79 Å². The number of aliphatic hydroxyl groups is 1. The van der Waals surface area contributed by atoms with Gasteiger partial charge in [-0.05, 0) is 35.2 Å². The van der Waals surface area contributed by atoms with E-state index in [1.54, 1.807) is 11.1 Å². The topological polar surface area (TPSA) is 139 Å². The monoisotopic (exact) mass is 468 g/mol. The molecule has 4 N–H and O–H groups in total. The Balaban J connectivity index is 1.34. The first-order valence-corrected chi connectivity index (χ1v) is 11.5. The Kier molecular flexibility index (Phi) is 5.14. The van der Waals surface area contributed by atoms with Crippen molar-refractivity contribution in [2.45, 2.75) is 25.9 Å². The van der Waals surface area contributed by atoms with E-state index in [2.05, 4.69) is 38.1 Å². The van der Waals surface area contributed by atoms with E-state index in [-0.39, 0.29) is 18.9 Å². The largest absolute Gasteiger partial charge is 0.396 e. The molecule has 0 unspecified atom stereocenters. The summed E-state index contributed by atoms with van der Waals surface area (Å²) >= 11 is 0. The van der Waals surface area contributed by atoms with Gasteiger partial charge in [0.25, 0.3) is 0 Å². The van der Waals surface area contributed by atoms with Crippen molar-refractivity contribution < 1.29 is 9.90 Å². The Bertz CT molecular complexity index is 1570. The third-order valence-electron chi connectivity index (χ3n) is 6.53. The van der Waals surface area contributed by atoms with Crippen molar-refractivity contribution in [3.63, 3.8) is 0 Å². The van der Waals surface area contributed by atoms with Crippen LogP contribution in [0.2, 0.25) is 0 Å². The highest BCUT2D eigenvalue weighted by molar-refractivity contribution is 5.99. The van der Waals surface area contributed by atoms with Crippen LogP contribution in [0, 0.1) is 0 Å². The van der Waals surface area contributed by atoms with Gasteiger partial charge in [0.2, 0.25) is 5.91 Å². The number of hydrogen-bond acceptors (Lipinski definition) is 7. The molecule has 5 aromatic rings. The summed E-state index contributed by atoms with van der Waals surface area (Å²) in [6.07, 6.45) is 6.04. The maximum atomic E-state index is 12.2. The number of benzene rings is 1. The number of rotatable bonds is 5. The van der Waals surface area contributed by atoms with Crippen molar-refractivity contribution >= 4 is 33.8 Å². The Labute approximate surface area is 200 Å². The summed E-state index contributed by atoms with van der Waals surface area (Å²) in [5.41, 5.74) is 12.7. The number of nitrogens with zero attached hydrogens (tertiary/aromatic N) is 6. The maximum absolute atomic E-state index is 12.2. The van der Waals surface area contributed by atoms with Gasteiger partial charge < -0.3 is 20.7 Å². The molecule has 0 spiro atoms. The number of fused-ring (bicyclic) bond motifs is 3. The zero-order valence-electron chi connectivity index (χ0n) is 19.0. The molecule has 1 amide bonds. The fourth-order valence-corrected chi connectivity index (χ4v) is 4.76. The van der Waals surface area contributed by atoms with Crippen molar-refractivity contribution in [1.29, 1.82) is 0 Å². The molecule has 5 heterocycles. The lowest BCUT2D eigenvalue weighted by Gasteiger charge is -2.29. The minimum Gasteiger partial charge on any atom is -0.396 e. The molecule has 1 aromatic carbocycles. The van der Waals surface area contributed by atoms with Crippen molar-refractivity contribution in [3.8, 4) is 11.3 Å². The molecule has 10 heteroatoms. The molecule has 6 rings (SSSR count). The summed E-state index contributed by atoms with van der Waals surface area (Å²) in [5, 5.41) is 15.6. The summed E-state index contributed by atoms with van der Waals surface area (Å²) in [4.78, 5) is 30.3. The highest BCUT2D eigenvalue weighted by atomic mass is 16.3. The molecule has 1 aliphatic heterocycles. The molecule has 0 fully saturated rings. The lowest BCUT2D eigenvalue weighted by molar-refractivity contribution is -0.132. The number of carbonyl (C=O) groups is 1. The molecule has 0 saturated carbocycles. The highest BCUT2D eigenvalue weighted by Crippen LogP contribution is 2.31. The first-order valence-electron chi connectivity index (χ1n) is 11.5. The van der Waals surface area contributed by atoms with Crippen LogP contribution in [0.3, 0.4) is 0 Å². The minimum atomic E-state index is -0.121. The van der Waals surface area contributed by atoms with Gasteiger partial charge >= 0.3 is 0 Å². The molecule has 0 atom stereocenters. The number of nitrogens with one attached hydrogen (secondary N) is 1. The average molecular weight is 469 g/mol. The van der Waals surface area contributed by atoms with Gasteiger partial charge in [-0.2, -0.15) is 5.10 Å². The average Bonchev–Trinajstić information content (AvgIpc) is 3.49. The third kappa shape index (κ3) is 3.77. The second kappa shape index (κ2) is 8.48. The van der Waals surface area contributed by atoms with E-state index in [1.807, 2.05) is 23.0 Å². The number of aromatic amines is 1. The first kappa shape index (κ1) is 21.2. The molecule has 1 aliphatic rings. The van der Waals surface area contributed by atoms with Gasteiger partial charge in [-0.3, -0.25) is 4.79 Å². The van der Waals surface area contributed by atoms with Crippen molar-refractivity contribution in [1.82, 2.24) is 34.6 Å². The van der Waals surface area contributed by atoms with Crippen LogP contribution in [-0.2, 0) is 24.3 Å². The van der Waals surface area contributed by atoms with E-state index in [4.69, 9.17) is 15.9 Å². The Hall–Kier alpha value is -4.31. The van der Waals surface area contributed by atoms with Crippen LogP contribution in [-0.4, -0.2) is 58.8 Å². The van der Waals surface area contributed by atoms with Crippen molar-refractivity contribution in [3.05, 3.63) is 65.7 Å². The molecule has 35 heavy (non-hydrogen) atoms. The maximum Gasteiger partial charge on any atom is 0.225 e. The normalized spacial score (nSPS) is 13.5. The molecule has 0 saturated heterocycles. The van der Waals surface area contributed by atoms with Gasteiger partial charge in [0.15, 0.2) is 5.65 Å². The molecular formula is C25H24N8O2. The summed E-state index contributed by atoms with van der Waals surface area (Å²) in [7, 11) is 0. The van der Waals surface area contributed by atoms with E-state index in [0.29, 0.717) is 42.2 Å². The van der Waals surface area contributed by atoms with Crippen molar-refractivity contribution in [2.24, 2.45) is 0 Å². The molecule has 0 aliphatic carbocycles. The molecule has 0 bridgehead atoms. The van der Waals surface area contributed by atoms with E-state index >= 15 is 0 Å². The predicted octanol–water partition coefficient (Wildman–Crippen LogP) is 2.27. The number of nitrogen functional groups attached to an aromatic ring is 1. The van der Waals surface area contributed by atoms with Crippen LogP contribution in [0.4, 0.5) is 5.82 Å². The fourth-order valence-electron chi connectivity index (χ4n) is 4.76. The smallest absolute Gasteiger partial charge is 0.225 e. The highest BCUT2D eigenvalue weighted by Gasteiger charge is 2.22. The van der Waals surface area contributed by atoms with Gasteiger partial charge in [0.1, 0.15) is 23.5 Å². The van der Waals surface area contributed by atoms with Gasteiger partial charge in [0.05, 0.1) is 18.5 Å². The van der Waals surface area contributed by atoms with Gasteiger partial charge in [-0.15, -0.1) is 0 Å². The Morgan fingerprint density at radius 3 is 2.94 bits per heavy atom. The van der Waals surface area contributed by atoms with Crippen LogP contribution in [0.25, 0.3) is 33.3 Å². The molecule has 176 valence electrons. The third-order valence-corrected chi connectivity index (χ3v) is 6.53. The van der Waals surface area contributed by atoms with Crippen LogP contribution in [0.1, 0.15) is 23.1 Å². The lowest BCUT2D eigenvalue weighted by Crippen LogP contribution is -2.36. The SMILES string of the molecule is Nc1ncnc2c1c(-c1cnc3[nH]ccc3c1)nn2Cc1ccc2c(c1)CCN(C(=O)CCO)C2. The number of hydrogen-bond donors (Lipinski definition) is 3. The zero-order chi connectivity index (χ0) is 23.9. The number of H-pyrrole nitrogens is 1. The van der Waals surface area contributed by atoms with Crippen LogP contribution in [0.15, 0.2) is 49.1 Å². The molecular weight excluding hydrogens is 444 g/mol. The number of pyridine rings is 1. The molecule has 0 radical (unpaired) electrons. The standard InChI is InChI=1S/C25H24N8O2/c26-23-21-22(19-10-17-3-6-27-24(17)28-11-19)31-33(25(21)30-14-29-23)12-15-1-2-18-13-32(20(35)5-8-34)7-4-16(18)9-15/h1-3,6,9-11,14,34H,4-5,7-8,12-13H2,(H,27,28)(H2,26,29,30). The number of carbonyl (C=O) groups excluding carboxylic acids is 1. The fraction of sp³-hybridized carbons (Fsp3) is 0.240. The summed E-state index contributed by atoms with van der Waals surface area (Å²) in [6, 6.07) is 10.3. The van der Waals surface area contributed by atoms with E-state index < -0.39 is 0 Å². The van der Waals surface area contributed by atoms with Crippen LogP contribution >= 0.6 is 0 Å². The van der Waals surface area contributed by atoms with E-state index in [1.165, 1.54) is 11.9 Å². The second-order valence-corrected chi connectivity index (χ2v) is 8.75. The second-order valence-electron chi connectivity index (χ2n) is 8.75. The number of nitrogens with two attached hydrogens (primary N) is 1. The quantitative estimate of drug-likeness (QED) is 0.360.